The highest BCUT2D eigenvalue weighted by atomic mass is 19.4. The average Bonchev–Trinajstić information content (AvgIpc) is 3.26. The molecule has 0 bridgehead atoms. The molecule has 2 heterocycles. The number of hydrogen-bond donors (Lipinski definition) is 1. The molecular weight excluding hydrogens is 429 g/mol. The molecule has 174 valence electrons. The molecule has 1 amide bonds. The number of carbonyl (C=O) groups excluding carboxylic acids is 1. The third kappa shape index (κ3) is 5.45. The van der Waals surface area contributed by atoms with Crippen molar-refractivity contribution in [2.45, 2.75) is 45.5 Å². The third-order valence-corrected chi connectivity index (χ3v) is 5.96. The van der Waals surface area contributed by atoms with E-state index in [0.717, 1.165) is 47.2 Å². The number of hydrogen-bond acceptors (Lipinski definition) is 3. The zero-order valence-corrected chi connectivity index (χ0v) is 18.5. The van der Waals surface area contributed by atoms with Crippen LogP contribution in [0.15, 0.2) is 54.7 Å². The molecule has 5 nitrogen and oxygen atoms in total. The lowest BCUT2D eigenvalue weighted by Crippen LogP contribution is -2.30. The number of alkyl halides is 3. The van der Waals surface area contributed by atoms with E-state index in [-0.39, 0.29) is 12.2 Å². The molecule has 1 saturated heterocycles. The maximum atomic E-state index is 13.9. The van der Waals surface area contributed by atoms with Crippen LogP contribution < -0.4 is 5.32 Å². The van der Waals surface area contributed by atoms with Crippen LogP contribution >= 0.6 is 0 Å². The lowest BCUT2D eigenvalue weighted by molar-refractivity contribution is -0.143. The Balaban J connectivity index is 1.53. The van der Waals surface area contributed by atoms with E-state index in [1.165, 1.54) is 19.3 Å². The number of benzene rings is 2. The predicted molar refractivity (Wildman–Crippen MR) is 120 cm³/mol. The van der Waals surface area contributed by atoms with Crippen LogP contribution in [0.1, 0.15) is 52.0 Å². The number of halogens is 3. The molecule has 0 spiro atoms. The maximum absolute atomic E-state index is 13.9. The quantitative estimate of drug-likeness (QED) is 0.561. The first-order valence-corrected chi connectivity index (χ1v) is 11.1. The van der Waals surface area contributed by atoms with Gasteiger partial charge < -0.3 is 5.32 Å². The highest BCUT2D eigenvalue weighted by Crippen LogP contribution is 2.33. The number of nitrogens with zero attached hydrogens (tertiary/aromatic N) is 3. The zero-order valence-electron chi connectivity index (χ0n) is 18.5. The van der Waals surface area contributed by atoms with Gasteiger partial charge in [-0.2, -0.15) is 18.3 Å². The molecule has 1 aromatic heterocycles. The van der Waals surface area contributed by atoms with Gasteiger partial charge in [-0.25, -0.2) is 4.68 Å². The van der Waals surface area contributed by atoms with Gasteiger partial charge in [0.05, 0.1) is 17.4 Å². The lowest BCUT2D eigenvalue weighted by atomic mass is 10.0. The molecule has 0 radical (unpaired) electrons. The second-order valence-corrected chi connectivity index (χ2v) is 8.44. The van der Waals surface area contributed by atoms with Gasteiger partial charge in [0.1, 0.15) is 0 Å². The van der Waals surface area contributed by atoms with Crippen molar-refractivity contribution in [3.8, 4) is 5.69 Å². The molecule has 1 aliphatic rings. The summed E-state index contributed by atoms with van der Waals surface area (Å²) in [6.45, 7) is 4.84. The van der Waals surface area contributed by atoms with Crippen molar-refractivity contribution in [2.75, 3.05) is 13.1 Å². The fourth-order valence-electron chi connectivity index (χ4n) is 4.18. The molecular formula is C25H27F3N4O. The minimum absolute atomic E-state index is 0.149. The highest BCUT2D eigenvalue weighted by Gasteiger charge is 2.40. The van der Waals surface area contributed by atoms with Crippen molar-refractivity contribution in [1.82, 2.24) is 20.0 Å². The first-order chi connectivity index (χ1) is 15.8. The van der Waals surface area contributed by atoms with Crippen molar-refractivity contribution in [1.29, 1.82) is 0 Å². The van der Waals surface area contributed by atoms with Gasteiger partial charge in [0.2, 0.25) is 0 Å². The number of amides is 1. The molecule has 1 aliphatic heterocycles. The number of aryl methyl sites for hydroxylation is 1. The van der Waals surface area contributed by atoms with Gasteiger partial charge in [0.25, 0.3) is 5.91 Å². The van der Waals surface area contributed by atoms with E-state index in [2.05, 4.69) is 15.3 Å². The molecule has 0 saturated carbocycles. The number of aromatic nitrogens is 2. The van der Waals surface area contributed by atoms with Crippen molar-refractivity contribution in [3.05, 3.63) is 82.7 Å². The summed E-state index contributed by atoms with van der Waals surface area (Å²) in [6.07, 6.45) is -0.169. The van der Waals surface area contributed by atoms with Crippen LogP contribution in [-0.4, -0.2) is 33.7 Å². The van der Waals surface area contributed by atoms with Gasteiger partial charge in [-0.1, -0.05) is 48.4 Å². The van der Waals surface area contributed by atoms with Gasteiger partial charge >= 0.3 is 6.18 Å². The van der Waals surface area contributed by atoms with E-state index in [0.29, 0.717) is 0 Å². The monoisotopic (exact) mass is 456 g/mol. The molecule has 0 unspecified atom stereocenters. The highest BCUT2D eigenvalue weighted by molar-refractivity contribution is 5.95. The minimum atomic E-state index is -4.74. The molecule has 1 N–H and O–H groups in total. The Morgan fingerprint density at radius 2 is 1.67 bits per heavy atom. The lowest BCUT2D eigenvalue weighted by Gasteiger charge is -2.27. The van der Waals surface area contributed by atoms with Crippen molar-refractivity contribution in [3.63, 3.8) is 0 Å². The van der Waals surface area contributed by atoms with Crippen LogP contribution in [0.4, 0.5) is 13.2 Å². The van der Waals surface area contributed by atoms with E-state index >= 15 is 0 Å². The summed E-state index contributed by atoms with van der Waals surface area (Å²) in [5, 5.41) is 6.55. The average molecular weight is 457 g/mol. The molecule has 8 heteroatoms. The predicted octanol–water partition coefficient (Wildman–Crippen LogP) is 5.12. The van der Waals surface area contributed by atoms with Gasteiger partial charge in [0.15, 0.2) is 5.69 Å². The molecule has 1 fully saturated rings. The normalized spacial score (nSPS) is 14.9. The van der Waals surface area contributed by atoms with E-state index in [9.17, 15) is 18.0 Å². The van der Waals surface area contributed by atoms with Crippen LogP contribution in [0.5, 0.6) is 0 Å². The Morgan fingerprint density at radius 3 is 2.33 bits per heavy atom. The Hall–Kier alpha value is -3.13. The number of carbonyl (C=O) groups is 1. The van der Waals surface area contributed by atoms with Crippen LogP contribution in [0.3, 0.4) is 0 Å². The van der Waals surface area contributed by atoms with Crippen LogP contribution in [0.25, 0.3) is 5.69 Å². The third-order valence-electron chi connectivity index (χ3n) is 5.96. The summed E-state index contributed by atoms with van der Waals surface area (Å²) in [7, 11) is 0. The van der Waals surface area contributed by atoms with E-state index in [1.54, 1.807) is 24.3 Å². The van der Waals surface area contributed by atoms with Crippen molar-refractivity contribution in [2.24, 2.45) is 0 Å². The van der Waals surface area contributed by atoms with Crippen LogP contribution in [0, 0.1) is 6.92 Å². The Bertz CT molecular complexity index is 1100. The van der Waals surface area contributed by atoms with Gasteiger partial charge in [-0.15, -0.1) is 0 Å². The summed E-state index contributed by atoms with van der Waals surface area (Å²) in [5.41, 5.74) is 1.57. The van der Waals surface area contributed by atoms with Crippen LogP contribution in [0.2, 0.25) is 0 Å². The molecule has 4 rings (SSSR count). The molecule has 0 aliphatic carbocycles. The van der Waals surface area contributed by atoms with Gasteiger partial charge in [-0.05, 0) is 56.1 Å². The molecule has 2 aromatic carbocycles. The number of nitrogens with one attached hydrogen (secondary N) is 1. The number of rotatable bonds is 6. The molecule has 33 heavy (non-hydrogen) atoms. The molecule has 3 aromatic rings. The second-order valence-electron chi connectivity index (χ2n) is 8.44. The summed E-state index contributed by atoms with van der Waals surface area (Å²) in [5.74, 6) is -0.798. The Kier molecular flexibility index (Phi) is 6.83. The minimum Gasteiger partial charge on any atom is -0.348 e. The summed E-state index contributed by atoms with van der Waals surface area (Å²) < 4.78 is 42.5. The van der Waals surface area contributed by atoms with Crippen molar-refractivity contribution < 1.29 is 18.0 Å². The van der Waals surface area contributed by atoms with E-state index in [1.807, 2.05) is 31.2 Å². The second kappa shape index (κ2) is 9.79. The standard InChI is InChI=1S/C25H27F3N4O/c1-18-9-11-21(12-10-18)32-23(25(26,27)28)22(16-30-32)24(33)29-15-19-7-3-4-8-20(19)17-31-13-5-2-6-14-31/h3-4,7-12,16H,2,5-6,13-15,17H2,1H3,(H,29,33). The first kappa shape index (κ1) is 23.0. The summed E-state index contributed by atoms with van der Waals surface area (Å²) in [6, 6.07) is 14.2. The molecule has 0 atom stereocenters. The fourth-order valence-corrected chi connectivity index (χ4v) is 4.18. The Morgan fingerprint density at radius 1 is 1.00 bits per heavy atom. The van der Waals surface area contributed by atoms with Crippen molar-refractivity contribution >= 4 is 5.91 Å². The summed E-state index contributed by atoms with van der Waals surface area (Å²) >= 11 is 0. The Labute approximate surface area is 191 Å². The van der Waals surface area contributed by atoms with E-state index < -0.39 is 23.3 Å². The first-order valence-electron chi connectivity index (χ1n) is 11.1. The number of likely N-dealkylation sites (tertiary alicyclic amines) is 1. The topological polar surface area (TPSA) is 50.2 Å². The number of piperidine rings is 1. The maximum Gasteiger partial charge on any atom is 0.434 e. The van der Waals surface area contributed by atoms with E-state index in [4.69, 9.17) is 0 Å². The van der Waals surface area contributed by atoms with Gasteiger partial charge in [0, 0.05) is 13.1 Å². The smallest absolute Gasteiger partial charge is 0.348 e. The SMILES string of the molecule is Cc1ccc(-n2ncc(C(=O)NCc3ccccc3CN3CCCCC3)c2C(F)(F)F)cc1. The largest absolute Gasteiger partial charge is 0.434 e. The summed E-state index contributed by atoms with van der Waals surface area (Å²) in [4.78, 5) is 15.2. The zero-order chi connectivity index (χ0) is 23.4. The van der Waals surface area contributed by atoms with Crippen LogP contribution in [-0.2, 0) is 19.3 Å². The van der Waals surface area contributed by atoms with Gasteiger partial charge in [-0.3, -0.25) is 9.69 Å². The fraction of sp³-hybridized carbons (Fsp3) is 0.360.